The summed E-state index contributed by atoms with van der Waals surface area (Å²) < 4.78 is 1.91. The Morgan fingerprint density at radius 2 is 2.18 bits per heavy atom. The summed E-state index contributed by atoms with van der Waals surface area (Å²) in [4.78, 5) is 14.6. The van der Waals surface area contributed by atoms with E-state index in [1.54, 1.807) is 0 Å². The summed E-state index contributed by atoms with van der Waals surface area (Å²) in [7, 11) is 0. The highest BCUT2D eigenvalue weighted by Crippen LogP contribution is 2.07. The molecule has 0 saturated carbocycles. The second-order valence-corrected chi connectivity index (χ2v) is 2.50. The van der Waals surface area contributed by atoms with Crippen LogP contribution in [-0.2, 0) is 6.54 Å². The minimum atomic E-state index is 0.530. The Labute approximate surface area is 66.1 Å². The first-order valence-electron chi connectivity index (χ1n) is 3.69. The number of aldehydes is 1. The van der Waals surface area contributed by atoms with Crippen molar-refractivity contribution in [2.24, 2.45) is 0 Å². The van der Waals surface area contributed by atoms with E-state index in [0.29, 0.717) is 5.82 Å². The topological polar surface area (TPSA) is 34.9 Å². The molecule has 0 aliphatic heterocycles. The third kappa shape index (κ3) is 1.18. The lowest BCUT2D eigenvalue weighted by molar-refractivity contribution is 0.111. The zero-order chi connectivity index (χ0) is 8.43. The molecule has 0 fully saturated rings. The Hall–Kier alpha value is -1.12. The Bertz CT molecular complexity index is 276. The van der Waals surface area contributed by atoms with Crippen molar-refractivity contribution in [2.45, 2.75) is 27.3 Å². The largest absolute Gasteiger partial charge is 0.326 e. The fourth-order valence-electron chi connectivity index (χ4n) is 1.17. The van der Waals surface area contributed by atoms with Crippen molar-refractivity contribution in [1.29, 1.82) is 0 Å². The Morgan fingerprint density at radius 1 is 1.55 bits per heavy atom. The van der Waals surface area contributed by atoms with E-state index in [-0.39, 0.29) is 0 Å². The number of aromatic nitrogens is 2. The third-order valence-electron chi connectivity index (χ3n) is 1.91. The monoisotopic (exact) mass is 152 g/mol. The molecule has 0 atom stereocenters. The van der Waals surface area contributed by atoms with Gasteiger partial charge in [-0.3, -0.25) is 4.79 Å². The van der Waals surface area contributed by atoms with E-state index in [2.05, 4.69) is 4.98 Å². The van der Waals surface area contributed by atoms with Crippen LogP contribution in [-0.4, -0.2) is 15.8 Å². The summed E-state index contributed by atoms with van der Waals surface area (Å²) in [5.74, 6) is 0.530. The number of nitrogens with zero attached hydrogens (tertiary/aromatic N) is 2. The van der Waals surface area contributed by atoms with Crippen molar-refractivity contribution in [3.63, 3.8) is 0 Å². The van der Waals surface area contributed by atoms with Crippen molar-refractivity contribution < 1.29 is 4.79 Å². The maximum atomic E-state index is 10.5. The quantitative estimate of drug-likeness (QED) is 0.599. The van der Waals surface area contributed by atoms with Gasteiger partial charge in [0.2, 0.25) is 0 Å². The van der Waals surface area contributed by atoms with Gasteiger partial charge in [0.25, 0.3) is 0 Å². The van der Waals surface area contributed by atoms with E-state index in [0.717, 1.165) is 24.2 Å². The molecule has 0 amide bonds. The third-order valence-corrected chi connectivity index (χ3v) is 1.91. The molecule has 0 radical (unpaired) electrons. The number of aryl methyl sites for hydroxylation is 1. The van der Waals surface area contributed by atoms with Gasteiger partial charge >= 0.3 is 0 Å². The van der Waals surface area contributed by atoms with Gasteiger partial charge in [0, 0.05) is 12.2 Å². The lowest BCUT2D eigenvalue weighted by atomic mass is 10.4. The molecule has 1 heterocycles. The van der Waals surface area contributed by atoms with E-state index in [9.17, 15) is 4.79 Å². The van der Waals surface area contributed by atoms with Crippen LogP contribution in [0.1, 0.15) is 28.9 Å². The van der Waals surface area contributed by atoms with E-state index < -0.39 is 0 Å². The van der Waals surface area contributed by atoms with Gasteiger partial charge in [0.15, 0.2) is 12.1 Å². The average Bonchev–Trinajstić information content (AvgIpc) is 2.28. The van der Waals surface area contributed by atoms with Gasteiger partial charge < -0.3 is 4.57 Å². The zero-order valence-electron chi connectivity index (χ0n) is 7.09. The van der Waals surface area contributed by atoms with E-state index in [4.69, 9.17) is 0 Å². The lowest BCUT2D eigenvalue weighted by Crippen LogP contribution is -2.01. The Morgan fingerprint density at radius 3 is 2.55 bits per heavy atom. The Kier molecular flexibility index (Phi) is 2.08. The van der Waals surface area contributed by atoms with Crippen LogP contribution in [0, 0.1) is 13.8 Å². The van der Waals surface area contributed by atoms with Gasteiger partial charge in [0.1, 0.15) is 0 Å². The van der Waals surface area contributed by atoms with Gasteiger partial charge in [-0.15, -0.1) is 0 Å². The second-order valence-electron chi connectivity index (χ2n) is 2.50. The van der Waals surface area contributed by atoms with Crippen LogP contribution in [0.5, 0.6) is 0 Å². The predicted molar refractivity (Wildman–Crippen MR) is 42.8 cm³/mol. The van der Waals surface area contributed by atoms with Gasteiger partial charge in [-0.2, -0.15) is 0 Å². The molecule has 0 aromatic carbocycles. The minimum absolute atomic E-state index is 0.530. The first-order chi connectivity index (χ1) is 5.20. The van der Waals surface area contributed by atoms with E-state index in [1.807, 2.05) is 25.3 Å². The zero-order valence-corrected chi connectivity index (χ0v) is 7.09. The molecule has 1 aromatic rings. The summed E-state index contributed by atoms with van der Waals surface area (Å²) in [6.07, 6.45) is 0.795. The lowest BCUT2D eigenvalue weighted by Gasteiger charge is -2.00. The number of imidazole rings is 1. The molecule has 3 nitrogen and oxygen atoms in total. The van der Waals surface area contributed by atoms with Crippen LogP contribution in [0.4, 0.5) is 0 Å². The van der Waals surface area contributed by atoms with Gasteiger partial charge in [-0.25, -0.2) is 4.98 Å². The molecule has 1 aromatic heterocycles. The molecule has 60 valence electrons. The fourth-order valence-corrected chi connectivity index (χ4v) is 1.17. The second kappa shape index (κ2) is 2.86. The van der Waals surface area contributed by atoms with Crippen molar-refractivity contribution in [2.75, 3.05) is 0 Å². The van der Waals surface area contributed by atoms with Crippen molar-refractivity contribution >= 4 is 6.29 Å². The van der Waals surface area contributed by atoms with Crippen LogP contribution >= 0.6 is 0 Å². The molecule has 1 rings (SSSR count). The molecule has 0 aliphatic carbocycles. The summed E-state index contributed by atoms with van der Waals surface area (Å²) >= 11 is 0. The summed E-state index contributed by atoms with van der Waals surface area (Å²) in [6.45, 7) is 6.69. The van der Waals surface area contributed by atoms with Crippen LogP contribution in [0.3, 0.4) is 0 Å². The molecule has 3 heteroatoms. The maximum absolute atomic E-state index is 10.5. The number of hydrogen-bond donors (Lipinski definition) is 0. The van der Waals surface area contributed by atoms with Crippen LogP contribution < -0.4 is 0 Å². The van der Waals surface area contributed by atoms with Crippen molar-refractivity contribution in [1.82, 2.24) is 9.55 Å². The average molecular weight is 152 g/mol. The predicted octanol–water partition coefficient (Wildman–Crippen LogP) is 1.33. The SMILES string of the molecule is CCn1c(C=O)nc(C)c1C. The molecule has 0 spiro atoms. The highest BCUT2D eigenvalue weighted by Gasteiger charge is 2.06. The molecule has 0 aliphatic rings. The molecule has 0 N–H and O–H groups in total. The van der Waals surface area contributed by atoms with Crippen LogP contribution in [0.15, 0.2) is 0 Å². The molecular formula is C8H12N2O. The van der Waals surface area contributed by atoms with Crippen molar-refractivity contribution in [3.8, 4) is 0 Å². The number of carbonyl (C=O) groups is 1. The summed E-state index contributed by atoms with van der Waals surface area (Å²) in [6, 6.07) is 0. The number of hydrogen-bond acceptors (Lipinski definition) is 2. The highest BCUT2D eigenvalue weighted by molar-refractivity contribution is 5.69. The van der Waals surface area contributed by atoms with Gasteiger partial charge in [0.05, 0.1) is 5.69 Å². The molecular weight excluding hydrogens is 140 g/mol. The van der Waals surface area contributed by atoms with Gasteiger partial charge in [-0.1, -0.05) is 0 Å². The van der Waals surface area contributed by atoms with Crippen molar-refractivity contribution in [3.05, 3.63) is 17.2 Å². The highest BCUT2D eigenvalue weighted by atomic mass is 16.1. The first kappa shape index (κ1) is 7.98. The molecule has 0 unspecified atom stereocenters. The van der Waals surface area contributed by atoms with Crippen LogP contribution in [0.2, 0.25) is 0 Å². The first-order valence-corrected chi connectivity index (χ1v) is 3.69. The van der Waals surface area contributed by atoms with Gasteiger partial charge in [-0.05, 0) is 20.8 Å². The van der Waals surface area contributed by atoms with E-state index in [1.165, 1.54) is 0 Å². The normalized spacial score (nSPS) is 10.1. The Balaban J connectivity index is 3.26. The number of rotatable bonds is 2. The molecule has 11 heavy (non-hydrogen) atoms. The maximum Gasteiger partial charge on any atom is 0.185 e. The standard InChI is InChI=1S/C8H12N2O/c1-4-10-7(3)6(2)9-8(10)5-11/h5H,4H2,1-3H3. The summed E-state index contributed by atoms with van der Waals surface area (Å²) in [5, 5.41) is 0. The molecule has 0 bridgehead atoms. The molecule has 0 saturated heterocycles. The number of carbonyl (C=O) groups excluding carboxylic acids is 1. The minimum Gasteiger partial charge on any atom is -0.326 e. The smallest absolute Gasteiger partial charge is 0.185 e. The summed E-state index contributed by atoms with van der Waals surface area (Å²) in [5.41, 5.74) is 2.02. The fraction of sp³-hybridized carbons (Fsp3) is 0.500. The van der Waals surface area contributed by atoms with E-state index >= 15 is 0 Å². The van der Waals surface area contributed by atoms with Crippen LogP contribution in [0.25, 0.3) is 0 Å².